The highest BCUT2D eigenvalue weighted by Crippen LogP contribution is 2.35. The monoisotopic (exact) mass is 420 g/mol. The maximum absolute atomic E-state index is 10.4. The molecule has 0 fully saturated rings. The van der Waals surface area contributed by atoms with E-state index in [4.69, 9.17) is 9.57 Å². The number of benzene rings is 1. The third-order valence-corrected chi connectivity index (χ3v) is 4.70. The number of fused-ring (bicyclic) bond motifs is 1. The first-order valence-corrected chi connectivity index (χ1v) is 10.4. The predicted molar refractivity (Wildman–Crippen MR) is 127 cm³/mol. The molecule has 1 aromatic carbocycles. The van der Waals surface area contributed by atoms with E-state index in [1.807, 2.05) is 64.9 Å². The standard InChI is InChI=1S/C17H25N3O2.C5H10O.C2H6/c1-7-11(2)20-12(3)17(18-22-6)14-8-13(10-19(4)5)16(21)9-15(14)20;1-4-5(2)6-3;1-2/h7-9,11,18,21H,1,10H2,2-6H3;4H,1-3H3;1-2H3/p+1/b;5-4+;. The molecule has 0 bridgehead atoms. The lowest BCUT2D eigenvalue weighted by Crippen LogP contribution is -2.76. The van der Waals surface area contributed by atoms with E-state index >= 15 is 0 Å². The number of allylic oxidation sites excluding steroid dienone is 3. The fourth-order valence-corrected chi connectivity index (χ4v) is 3.02. The Labute approximate surface area is 182 Å². The van der Waals surface area contributed by atoms with E-state index in [9.17, 15) is 5.11 Å². The third-order valence-electron chi connectivity index (χ3n) is 4.70. The van der Waals surface area contributed by atoms with E-state index in [1.165, 1.54) is 0 Å². The van der Waals surface area contributed by atoms with Crippen LogP contribution in [0.4, 0.5) is 5.69 Å². The molecule has 1 heterocycles. The Balaban J connectivity index is 0.000000905. The number of aromatic nitrogens is 1. The highest BCUT2D eigenvalue weighted by molar-refractivity contribution is 5.93. The summed E-state index contributed by atoms with van der Waals surface area (Å²) in [6.45, 7) is 16.6. The molecule has 30 heavy (non-hydrogen) atoms. The van der Waals surface area contributed by atoms with Gasteiger partial charge in [0.25, 0.3) is 0 Å². The summed E-state index contributed by atoms with van der Waals surface area (Å²) in [7, 11) is 7.29. The third kappa shape index (κ3) is 7.20. The van der Waals surface area contributed by atoms with Gasteiger partial charge in [0, 0.05) is 24.2 Å². The summed E-state index contributed by atoms with van der Waals surface area (Å²) in [6.07, 6.45) is 3.81. The Morgan fingerprint density at radius 3 is 2.30 bits per heavy atom. The van der Waals surface area contributed by atoms with Gasteiger partial charge >= 0.3 is 0 Å². The molecule has 0 spiro atoms. The summed E-state index contributed by atoms with van der Waals surface area (Å²) in [4.78, 5) is 7.30. The molecular weight excluding hydrogens is 378 g/mol. The molecular formula is C24H42N3O3+. The summed E-state index contributed by atoms with van der Waals surface area (Å²) in [5, 5.41) is 11.4. The molecule has 6 nitrogen and oxygen atoms in total. The first-order valence-electron chi connectivity index (χ1n) is 10.4. The van der Waals surface area contributed by atoms with Crippen molar-refractivity contribution in [1.82, 2.24) is 9.47 Å². The van der Waals surface area contributed by atoms with Gasteiger partial charge in [-0.05, 0) is 47.9 Å². The van der Waals surface area contributed by atoms with Crippen molar-refractivity contribution in [3.05, 3.63) is 47.9 Å². The zero-order chi connectivity index (χ0) is 23.4. The van der Waals surface area contributed by atoms with E-state index in [0.29, 0.717) is 12.3 Å². The van der Waals surface area contributed by atoms with Crippen LogP contribution < -0.4 is 5.48 Å². The number of nitrogens with two attached hydrogens (primary N) is 1. The minimum atomic E-state index is 0.139. The predicted octanol–water partition coefficient (Wildman–Crippen LogP) is 4.80. The van der Waals surface area contributed by atoms with Crippen molar-refractivity contribution >= 4 is 16.6 Å². The average molecular weight is 421 g/mol. The smallest absolute Gasteiger partial charge is 0.190 e. The number of aromatic hydroxyl groups is 1. The Bertz CT molecular complexity index is 823. The van der Waals surface area contributed by atoms with Gasteiger partial charge < -0.3 is 19.3 Å². The van der Waals surface area contributed by atoms with Gasteiger partial charge in [0.15, 0.2) is 5.69 Å². The topological polar surface area (TPSA) is 63.5 Å². The Kier molecular flexibility index (Phi) is 12.8. The maximum Gasteiger partial charge on any atom is 0.190 e. The van der Waals surface area contributed by atoms with Crippen LogP contribution in [0.25, 0.3) is 10.9 Å². The quantitative estimate of drug-likeness (QED) is 0.384. The summed E-state index contributed by atoms with van der Waals surface area (Å²) in [5.74, 6) is 1.29. The average Bonchev–Trinajstić information content (AvgIpc) is 2.99. The summed E-state index contributed by atoms with van der Waals surface area (Å²) in [5.41, 5.74) is 5.82. The molecule has 0 aliphatic heterocycles. The number of methoxy groups -OCH3 is 1. The Morgan fingerprint density at radius 1 is 1.30 bits per heavy atom. The van der Waals surface area contributed by atoms with Crippen molar-refractivity contribution in [2.75, 3.05) is 28.3 Å². The molecule has 1 aromatic heterocycles. The summed E-state index contributed by atoms with van der Waals surface area (Å²) < 4.78 is 6.93. The fourth-order valence-electron chi connectivity index (χ4n) is 3.02. The normalized spacial score (nSPS) is 12.0. The molecule has 0 saturated carbocycles. The van der Waals surface area contributed by atoms with Crippen LogP contribution in [0.2, 0.25) is 0 Å². The van der Waals surface area contributed by atoms with Crippen molar-refractivity contribution in [3.63, 3.8) is 0 Å². The first-order chi connectivity index (χ1) is 14.2. The SMILES string of the molecule is C/C=C(\C)OC.C=CC(C)n1c(C)c([NH2+]OC)c2cc(CN(C)C)c(O)cc21.CC. The number of rotatable bonds is 7. The van der Waals surface area contributed by atoms with Gasteiger partial charge in [0.05, 0.1) is 36.6 Å². The van der Waals surface area contributed by atoms with E-state index < -0.39 is 0 Å². The van der Waals surface area contributed by atoms with Crippen LogP contribution >= 0.6 is 0 Å². The van der Waals surface area contributed by atoms with Gasteiger partial charge in [0.1, 0.15) is 5.75 Å². The van der Waals surface area contributed by atoms with E-state index in [0.717, 1.165) is 33.6 Å². The summed E-state index contributed by atoms with van der Waals surface area (Å²) in [6, 6.07) is 4.03. The fraction of sp³-hybridized carbons (Fsp3) is 0.500. The minimum Gasteiger partial charge on any atom is -0.508 e. The number of phenolic OH excluding ortho intramolecular Hbond substituents is 1. The van der Waals surface area contributed by atoms with Crippen molar-refractivity contribution in [1.29, 1.82) is 0 Å². The lowest BCUT2D eigenvalue weighted by Gasteiger charge is -2.14. The molecule has 0 aliphatic rings. The van der Waals surface area contributed by atoms with Gasteiger partial charge in [-0.15, -0.1) is 6.58 Å². The second-order valence-corrected chi connectivity index (χ2v) is 7.04. The molecule has 170 valence electrons. The van der Waals surface area contributed by atoms with E-state index in [-0.39, 0.29) is 6.04 Å². The second kappa shape index (κ2) is 13.9. The Morgan fingerprint density at radius 2 is 1.90 bits per heavy atom. The zero-order valence-corrected chi connectivity index (χ0v) is 20.5. The number of ether oxygens (including phenoxy) is 1. The van der Waals surface area contributed by atoms with Crippen LogP contribution in [0.1, 0.15) is 51.9 Å². The molecule has 2 rings (SSSR count). The van der Waals surface area contributed by atoms with Crippen LogP contribution in [0.15, 0.2) is 36.6 Å². The van der Waals surface area contributed by atoms with Gasteiger partial charge in [-0.1, -0.05) is 26.0 Å². The summed E-state index contributed by atoms with van der Waals surface area (Å²) >= 11 is 0. The van der Waals surface area contributed by atoms with Crippen LogP contribution in [-0.4, -0.2) is 42.9 Å². The molecule has 3 N–H and O–H groups in total. The molecule has 6 heteroatoms. The number of hydrogen-bond acceptors (Lipinski definition) is 4. The van der Waals surface area contributed by atoms with Crippen LogP contribution in [0.3, 0.4) is 0 Å². The molecule has 0 saturated heterocycles. The number of nitrogens with zero attached hydrogens (tertiary/aromatic N) is 2. The maximum atomic E-state index is 10.4. The van der Waals surface area contributed by atoms with E-state index in [2.05, 4.69) is 31.1 Å². The molecule has 0 aliphatic carbocycles. The van der Waals surface area contributed by atoms with Crippen LogP contribution in [-0.2, 0) is 16.1 Å². The minimum absolute atomic E-state index is 0.139. The highest BCUT2D eigenvalue weighted by atomic mass is 16.6. The van der Waals surface area contributed by atoms with Crippen molar-refractivity contribution < 1.29 is 20.2 Å². The first kappa shape index (κ1) is 27.7. The van der Waals surface area contributed by atoms with Crippen molar-refractivity contribution in [3.8, 4) is 5.75 Å². The molecule has 2 aromatic rings. The number of hydrogen-bond donors (Lipinski definition) is 2. The Hall–Kier alpha value is -2.28. The number of quaternary nitrogens is 1. The van der Waals surface area contributed by atoms with Crippen LogP contribution in [0.5, 0.6) is 5.75 Å². The molecule has 0 radical (unpaired) electrons. The molecule has 1 atom stereocenters. The second-order valence-electron chi connectivity index (χ2n) is 7.04. The van der Waals surface area contributed by atoms with Gasteiger partial charge in [-0.25, -0.2) is 4.84 Å². The molecule has 1 unspecified atom stereocenters. The van der Waals surface area contributed by atoms with Crippen LogP contribution in [0, 0.1) is 6.92 Å². The van der Waals surface area contributed by atoms with Crippen molar-refractivity contribution in [2.24, 2.45) is 0 Å². The zero-order valence-electron chi connectivity index (χ0n) is 20.5. The lowest BCUT2D eigenvalue weighted by molar-refractivity contribution is -0.829. The number of phenols is 1. The van der Waals surface area contributed by atoms with E-state index in [1.54, 1.807) is 19.7 Å². The highest BCUT2D eigenvalue weighted by Gasteiger charge is 2.22. The van der Waals surface area contributed by atoms with Crippen molar-refractivity contribution in [2.45, 2.75) is 54.1 Å². The molecule has 0 amide bonds. The van der Waals surface area contributed by atoms with Gasteiger partial charge in [0.2, 0.25) is 0 Å². The largest absolute Gasteiger partial charge is 0.508 e. The van der Waals surface area contributed by atoms with Gasteiger partial charge in [-0.3, -0.25) is 0 Å². The van der Waals surface area contributed by atoms with Gasteiger partial charge in [-0.2, -0.15) is 5.48 Å². The lowest BCUT2D eigenvalue weighted by atomic mass is 10.1.